The number of hydrogen-bond donors (Lipinski definition) is 0. The zero-order valence-corrected chi connectivity index (χ0v) is 23.6. The third-order valence-electron chi connectivity index (χ3n) is 6.67. The van der Waals surface area contributed by atoms with Gasteiger partial charge in [-0.1, -0.05) is 25.5 Å². The minimum atomic E-state index is -4.57. The molecule has 2 aromatic heterocycles. The fourth-order valence-electron chi connectivity index (χ4n) is 4.52. The fraction of sp³-hybridized carbons (Fsp3) is 0.407. The van der Waals surface area contributed by atoms with Gasteiger partial charge in [-0.3, -0.25) is 4.90 Å². The van der Waals surface area contributed by atoms with Crippen LogP contribution >= 0.6 is 0 Å². The van der Waals surface area contributed by atoms with E-state index in [1.165, 1.54) is 25.1 Å². The number of amides is 1. The highest BCUT2D eigenvalue weighted by Gasteiger charge is 2.42. The highest BCUT2D eigenvalue weighted by Crippen LogP contribution is 2.39. The van der Waals surface area contributed by atoms with Crippen molar-refractivity contribution in [2.24, 2.45) is 0 Å². The number of methoxy groups -OCH3 is 1. The molecule has 0 bridgehead atoms. The predicted molar refractivity (Wildman–Crippen MR) is 139 cm³/mol. The van der Waals surface area contributed by atoms with Crippen molar-refractivity contribution in [3.05, 3.63) is 64.6 Å². The van der Waals surface area contributed by atoms with Crippen LogP contribution in [-0.2, 0) is 27.3 Å². The molecule has 0 radical (unpaired) electrons. The van der Waals surface area contributed by atoms with E-state index in [0.717, 1.165) is 24.0 Å². The average molecular weight is 579 g/mol. The Bertz CT molecular complexity index is 1560. The van der Waals surface area contributed by atoms with E-state index in [4.69, 9.17) is 9.47 Å². The van der Waals surface area contributed by atoms with E-state index in [1.54, 1.807) is 19.2 Å². The third kappa shape index (κ3) is 5.88. The predicted octanol–water partition coefficient (Wildman–Crippen LogP) is 5.48. The van der Waals surface area contributed by atoms with Crippen LogP contribution in [0, 0.1) is 6.92 Å². The summed E-state index contributed by atoms with van der Waals surface area (Å²) in [5, 5.41) is -0.441. The Labute approximate surface area is 230 Å². The summed E-state index contributed by atoms with van der Waals surface area (Å²) in [5.74, 6) is 0.359. The van der Waals surface area contributed by atoms with Crippen molar-refractivity contribution in [1.29, 1.82) is 0 Å². The Morgan fingerprint density at radius 1 is 1.10 bits per heavy atom. The van der Waals surface area contributed by atoms with Crippen LogP contribution in [0.5, 0.6) is 5.88 Å². The van der Waals surface area contributed by atoms with Crippen LogP contribution < -0.4 is 4.74 Å². The fourth-order valence-corrected chi connectivity index (χ4v) is 5.04. The summed E-state index contributed by atoms with van der Waals surface area (Å²) < 4.78 is 75.9. The van der Waals surface area contributed by atoms with Gasteiger partial charge in [0.2, 0.25) is 20.9 Å². The Balaban J connectivity index is 1.79. The number of aromatic nitrogens is 3. The molecule has 4 rings (SSSR count). The molecule has 3 aromatic rings. The highest BCUT2D eigenvalue weighted by molar-refractivity contribution is 7.90. The number of nitrogens with zero attached hydrogens (tertiary/aromatic N) is 4. The van der Waals surface area contributed by atoms with Gasteiger partial charge < -0.3 is 9.47 Å². The van der Waals surface area contributed by atoms with Crippen LogP contribution in [0.15, 0.2) is 41.8 Å². The van der Waals surface area contributed by atoms with Crippen LogP contribution in [0.4, 0.5) is 18.0 Å². The van der Waals surface area contributed by atoms with E-state index in [-0.39, 0.29) is 29.6 Å². The van der Waals surface area contributed by atoms with Crippen LogP contribution in [0.2, 0.25) is 0 Å². The number of sulfone groups is 1. The van der Waals surface area contributed by atoms with Crippen molar-refractivity contribution in [3.63, 3.8) is 0 Å². The maximum atomic E-state index is 13.5. The van der Waals surface area contributed by atoms with Crippen LogP contribution in [-0.4, -0.2) is 53.8 Å². The Kier molecular flexibility index (Phi) is 7.81. The highest BCUT2D eigenvalue weighted by atomic mass is 32.2. The molecule has 13 heteroatoms. The lowest BCUT2D eigenvalue weighted by Crippen LogP contribution is -2.32. The lowest BCUT2D eigenvalue weighted by Gasteiger charge is -2.23. The van der Waals surface area contributed by atoms with Crippen LogP contribution in [0.25, 0.3) is 11.1 Å². The number of aryl methyl sites for hydroxylation is 1. The third-order valence-corrected chi connectivity index (χ3v) is 7.53. The summed E-state index contributed by atoms with van der Waals surface area (Å²) in [6.07, 6.45) is -2.37. The van der Waals surface area contributed by atoms with Crippen molar-refractivity contribution in [2.45, 2.75) is 63.6 Å². The van der Waals surface area contributed by atoms with Gasteiger partial charge in [0.15, 0.2) is 0 Å². The summed E-state index contributed by atoms with van der Waals surface area (Å²) >= 11 is 0. The van der Waals surface area contributed by atoms with E-state index >= 15 is 0 Å². The first-order valence-corrected chi connectivity index (χ1v) is 14.3. The first-order valence-electron chi connectivity index (χ1n) is 12.4. The van der Waals surface area contributed by atoms with E-state index in [9.17, 15) is 26.4 Å². The molecule has 1 aliphatic rings. The van der Waals surface area contributed by atoms with Gasteiger partial charge >= 0.3 is 12.3 Å². The topological polar surface area (TPSA) is 112 Å². The Morgan fingerprint density at radius 3 is 2.40 bits per heavy atom. The first kappa shape index (κ1) is 29.2. The summed E-state index contributed by atoms with van der Waals surface area (Å²) in [6.45, 7) is 6.93. The second-order valence-electron chi connectivity index (χ2n) is 10.1. The first-order chi connectivity index (χ1) is 18.6. The molecule has 2 atom stereocenters. The Morgan fingerprint density at radius 2 is 1.80 bits per heavy atom. The smallest absolute Gasteiger partial charge is 0.416 e. The molecule has 1 aromatic carbocycles. The lowest BCUT2D eigenvalue weighted by atomic mass is 9.97. The number of cyclic esters (lactones) is 1. The van der Waals surface area contributed by atoms with Gasteiger partial charge in [0.05, 0.1) is 31.0 Å². The minimum Gasteiger partial charge on any atom is -0.481 e. The van der Waals surface area contributed by atoms with Gasteiger partial charge in [-0.05, 0) is 49.1 Å². The molecule has 40 heavy (non-hydrogen) atoms. The largest absolute Gasteiger partial charge is 0.481 e. The van der Waals surface area contributed by atoms with E-state index in [2.05, 4.69) is 15.0 Å². The monoisotopic (exact) mass is 578 g/mol. The number of rotatable bonds is 7. The Hall–Kier alpha value is -3.74. The standard InChI is InChI=1S/C27H29F3N4O5S/c1-14(2)18-10-20(24(38-5)31-11-18)21-12-32-25(40(6,36)37)33-22(21)13-34-16(4)23(39-26(34)35)17-7-15(3)8-19(9-17)27(28,29)30/h7-12,14,16,23H,13H2,1-6H3/t16-,23-/m0/s1. The molecule has 3 heterocycles. The number of carbonyl (C=O) groups excluding carboxylic acids is 1. The van der Waals surface area contributed by atoms with E-state index < -0.39 is 45.0 Å². The molecule has 1 fully saturated rings. The molecule has 0 N–H and O–H groups in total. The number of benzene rings is 1. The number of pyridine rings is 1. The van der Waals surface area contributed by atoms with Gasteiger partial charge in [0, 0.05) is 29.8 Å². The molecular weight excluding hydrogens is 549 g/mol. The van der Waals surface area contributed by atoms with Gasteiger partial charge in [-0.25, -0.2) is 28.2 Å². The second kappa shape index (κ2) is 10.7. The molecule has 0 saturated carbocycles. The van der Waals surface area contributed by atoms with E-state index in [0.29, 0.717) is 16.7 Å². The molecule has 214 valence electrons. The maximum Gasteiger partial charge on any atom is 0.416 e. The van der Waals surface area contributed by atoms with Gasteiger partial charge in [0.1, 0.15) is 6.10 Å². The molecule has 1 aliphatic heterocycles. The van der Waals surface area contributed by atoms with Gasteiger partial charge in [0.25, 0.3) is 0 Å². The zero-order valence-electron chi connectivity index (χ0n) is 22.8. The summed E-state index contributed by atoms with van der Waals surface area (Å²) in [6, 6.07) is 4.66. The molecule has 1 amide bonds. The number of hydrogen-bond acceptors (Lipinski definition) is 8. The van der Waals surface area contributed by atoms with Crippen molar-refractivity contribution >= 4 is 15.9 Å². The minimum absolute atomic E-state index is 0.113. The van der Waals surface area contributed by atoms with Crippen molar-refractivity contribution in [2.75, 3.05) is 13.4 Å². The number of halogens is 3. The van der Waals surface area contributed by atoms with Crippen molar-refractivity contribution in [1.82, 2.24) is 19.9 Å². The SMILES string of the molecule is COc1ncc(C(C)C)cc1-c1cnc(S(C)(=O)=O)nc1CN1C(=O)O[C@H](c2cc(C)cc(C(F)(F)F)c2)[C@@H]1C. The molecule has 0 aliphatic carbocycles. The van der Waals surface area contributed by atoms with Crippen molar-refractivity contribution in [3.8, 4) is 17.0 Å². The number of carbonyl (C=O) groups is 1. The summed E-state index contributed by atoms with van der Waals surface area (Å²) in [7, 11) is -2.37. The van der Waals surface area contributed by atoms with Gasteiger partial charge in [-0.15, -0.1) is 0 Å². The molecule has 0 unspecified atom stereocenters. The number of alkyl halides is 3. The zero-order chi connectivity index (χ0) is 29.6. The van der Waals surface area contributed by atoms with Crippen molar-refractivity contribution < 1.29 is 35.9 Å². The maximum absolute atomic E-state index is 13.5. The normalized spacial score (nSPS) is 17.9. The lowest BCUT2D eigenvalue weighted by molar-refractivity contribution is -0.137. The average Bonchev–Trinajstić information content (AvgIpc) is 3.15. The van der Waals surface area contributed by atoms with Crippen LogP contribution in [0.1, 0.15) is 60.7 Å². The second-order valence-corrected chi connectivity index (χ2v) is 12.0. The number of ether oxygens (including phenoxy) is 2. The molecular formula is C27H29F3N4O5S. The molecule has 0 spiro atoms. The molecule has 9 nitrogen and oxygen atoms in total. The summed E-state index contributed by atoms with van der Waals surface area (Å²) in [4.78, 5) is 27.0. The van der Waals surface area contributed by atoms with E-state index in [1.807, 2.05) is 19.9 Å². The van der Waals surface area contributed by atoms with Crippen LogP contribution in [0.3, 0.4) is 0 Å². The summed E-state index contributed by atoms with van der Waals surface area (Å²) in [5.41, 5.74) is 1.67. The molecule has 1 saturated heterocycles. The quantitative estimate of drug-likeness (QED) is 0.339. The van der Waals surface area contributed by atoms with Gasteiger partial charge in [-0.2, -0.15) is 13.2 Å².